The van der Waals surface area contributed by atoms with Crippen LogP contribution in [-0.4, -0.2) is 74.4 Å². The number of nitrogens with zero attached hydrogens (tertiary/aromatic N) is 10. The number of anilines is 10. The third kappa shape index (κ3) is 11.8. The first-order valence-electron chi connectivity index (χ1n) is 23.3. The minimum Gasteiger partial charge on any atom is -0.355 e. The summed E-state index contributed by atoms with van der Waals surface area (Å²) in [4.78, 5) is 78.2. The van der Waals surface area contributed by atoms with Gasteiger partial charge in [0.15, 0.2) is 0 Å². The fourth-order valence-electron chi connectivity index (χ4n) is 7.79. The van der Waals surface area contributed by atoms with Gasteiger partial charge in [-0.25, -0.2) is 39.3 Å². The van der Waals surface area contributed by atoms with E-state index in [1.165, 1.54) is 12.7 Å². The van der Waals surface area contributed by atoms with Crippen molar-refractivity contribution in [3.63, 3.8) is 0 Å². The maximum atomic E-state index is 11.2. The number of benzene rings is 4. The molecule has 0 spiro atoms. The van der Waals surface area contributed by atoms with Crippen molar-refractivity contribution in [3.05, 3.63) is 195 Å². The number of aryl methyl sites for hydroxylation is 1. The van der Waals surface area contributed by atoms with Gasteiger partial charge in [0.2, 0.25) is 0 Å². The molecule has 9 heterocycles. The standard InChI is InChI=1S/C15H15N7.C12H8N6O.C12H12N6O.C12H10N4O/c1-8-9(2)18-15-16-7-17-22(15)14(8)21-11-4-5-12-13(6-11)20-10(3)19-12;13-5-8-4-11(15-6-14-8)16-7-1-2-9-10(3-7)18-12(19)17-9;13-6-11-14-4-3-10(18-11)15-7-1-2-8-9(5-7)17-12(19)16-8;17-12-15-10-2-1-9(7-11(10)16-12)14-8-3-5-13-6-4-8/h4-7,19-21H,3H2,1-2H3;1-4,6H,(H,14,15,16)(H2,17,18,19);1-5H,6,13H2,(H,14,15,18)(H2,16,17,19);1-7H,(H,13,14)(H2,15,16,17). The van der Waals surface area contributed by atoms with Gasteiger partial charge in [0.1, 0.15) is 53.5 Å². The van der Waals surface area contributed by atoms with Gasteiger partial charge in [0.25, 0.3) is 5.78 Å². The molecule has 8 aromatic heterocycles. The van der Waals surface area contributed by atoms with E-state index in [2.05, 4.69) is 108 Å². The Hall–Kier alpha value is -11.5. The summed E-state index contributed by atoms with van der Waals surface area (Å²) in [5.41, 5.74) is 18.0. The predicted octanol–water partition coefficient (Wildman–Crippen LogP) is 6.90. The van der Waals surface area contributed by atoms with Crippen LogP contribution in [0.2, 0.25) is 0 Å². The minimum atomic E-state index is -0.249. The van der Waals surface area contributed by atoms with Crippen LogP contribution in [0.1, 0.15) is 22.8 Å². The van der Waals surface area contributed by atoms with Crippen molar-refractivity contribution in [2.45, 2.75) is 20.4 Å². The monoisotopic (exact) mass is 1030 g/mol. The second-order valence-corrected chi connectivity index (χ2v) is 16.8. The first kappa shape index (κ1) is 49.1. The third-order valence-corrected chi connectivity index (χ3v) is 11.5. The van der Waals surface area contributed by atoms with E-state index in [0.29, 0.717) is 35.3 Å². The van der Waals surface area contributed by atoms with Gasteiger partial charge in [0, 0.05) is 64.4 Å². The van der Waals surface area contributed by atoms with Gasteiger partial charge in [-0.2, -0.15) is 19.9 Å². The first-order chi connectivity index (χ1) is 37.4. The number of fused-ring (bicyclic) bond motifs is 5. The van der Waals surface area contributed by atoms with Crippen molar-refractivity contribution in [1.29, 1.82) is 5.26 Å². The average Bonchev–Trinajstić information content (AvgIpc) is 4.29. The molecule has 13 rings (SSSR count). The SMILES string of the molecule is C=C1Nc2ccc(Nc3c(C)c(C)nc4ncnn34)cc2N1.N#Cc1cc(Nc2ccc3[nH]c(=O)[nH]c3c2)ncn1.NCc1nccc(Nc2ccc3[nH]c(=O)[nH]c3c2)n1.O=c1[nH]c2ccc(Nc3ccncc3)cc2[nH]1. The molecule has 0 unspecified atom stereocenters. The molecule has 26 heteroatoms. The van der Waals surface area contributed by atoms with E-state index >= 15 is 0 Å². The molecule has 0 fully saturated rings. The quantitative estimate of drug-likeness (QED) is 0.0699. The van der Waals surface area contributed by atoms with Gasteiger partial charge in [0.05, 0.1) is 51.0 Å². The van der Waals surface area contributed by atoms with Gasteiger partial charge in [-0.1, -0.05) is 6.58 Å². The van der Waals surface area contributed by atoms with Gasteiger partial charge in [-0.05, 0) is 105 Å². The van der Waals surface area contributed by atoms with Crippen LogP contribution < -0.4 is 54.7 Å². The van der Waals surface area contributed by atoms with Crippen LogP contribution in [0.4, 0.5) is 57.3 Å². The molecule has 0 aliphatic carbocycles. The highest BCUT2D eigenvalue weighted by Gasteiger charge is 2.15. The number of pyridine rings is 1. The van der Waals surface area contributed by atoms with E-state index < -0.39 is 0 Å². The third-order valence-electron chi connectivity index (χ3n) is 11.5. The Kier molecular flexibility index (Phi) is 13.9. The van der Waals surface area contributed by atoms with Crippen LogP contribution in [0.15, 0.2) is 155 Å². The van der Waals surface area contributed by atoms with Gasteiger partial charge in [-0.15, -0.1) is 0 Å². The molecule has 382 valence electrons. The summed E-state index contributed by atoms with van der Waals surface area (Å²) in [6.07, 6.45) is 7.91. The predicted molar refractivity (Wildman–Crippen MR) is 294 cm³/mol. The summed E-state index contributed by atoms with van der Waals surface area (Å²) < 4.78 is 1.71. The molecule has 0 saturated heterocycles. The maximum Gasteiger partial charge on any atom is 0.323 e. The molecule has 0 atom stereocenters. The normalized spacial score (nSPS) is 11.2. The molecule has 1 aliphatic rings. The number of hydrogen-bond acceptors (Lipinski definition) is 19. The maximum absolute atomic E-state index is 11.2. The number of aromatic nitrogens is 15. The van der Waals surface area contributed by atoms with E-state index in [1.54, 1.807) is 53.4 Å². The number of imidazole rings is 3. The number of rotatable bonds is 9. The largest absolute Gasteiger partial charge is 0.355 e. The Morgan fingerprint density at radius 1 is 0.571 bits per heavy atom. The summed E-state index contributed by atoms with van der Waals surface area (Å²) in [6.45, 7) is 8.14. The van der Waals surface area contributed by atoms with Gasteiger partial charge < -0.3 is 67.5 Å². The molecule has 0 bridgehead atoms. The summed E-state index contributed by atoms with van der Waals surface area (Å²) in [5.74, 6) is 3.98. The smallest absolute Gasteiger partial charge is 0.323 e. The van der Waals surface area contributed by atoms with Crippen LogP contribution >= 0.6 is 0 Å². The molecule has 26 nitrogen and oxygen atoms in total. The van der Waals surface area contributed by atoms with E-state index in [1.807, 2.05) is 86.6 Å². The van der Waals surface area contributed by atoms with Gasteiger partial charge in [-0.3, -0.25) is 4.98 Å². The van der Waals surface area contributed by atoms with Crippen molar-refractivity contribution in [2.24, 2.45) is 5.73 Å². The van der Waals surface area contributed by atoms with Crippen molar-refractivity contribution < 1.29 is 0 Å². The van der Waals surface area contributed by atoms with Crippen LogP contribution in [0, 0.1) is 25.2 Å². The Morgan fingerprint density at radius 3 is 1.77 bits per heavy atom. The van der Waals surface area contributed by atoms with E-state index in [4.69, 9.17) is 11.0 Å². The first-order valence-corrected chi connectivity index (χ1v) is 23.3. The average molecular weight is 1030 g/mol. The van der Waals surface area contributed by atoms with Gasteiger partial charge >= 0.3 is 17.1 Å². The number of H-pyrrole nitrogens is 6. The van der Waals surface area contributed by atoms with Crippen molar-refractivity contribution in [3.8, 4) is 6.07 Å². The number of nitriles is 1. The Bertz CT molecular complexity index is 4330. The molecule has 12 aromatic rings. The van der Waals surface area contributed by atoms with Crippen LogP contribution in [0.25, 0.3) is 38.9 Å². The molecule has 14 N–H and O–H groups in total. The zero-order chi connectivity index (χ0) is 53.4. The summed E-state index contributed by atoms with van der Waals surface area (Å²) in [7, 11) is 0. The second-order valence-electron chi connectivity index (χ2n) is 16.8. The molecule has 1 aliphatic heterocycles. The Morgan fingerprint density at radius 2 is 1.14 bits per heavy atom. The van der Waals surface area contributed by atoms with Crippen molar-refractivity contribution >= 4 is 96.1 Å². The number of nitrogens with two attached hydrogens (primary N) is 1. The summed E-state index contributed by atoms with van der Waals surface area (Å²) in [5, 5.41) is 32.2. The Labute approximate surface area is 433 Å². The molecular weight excluding hydrogens is 983 g/mol. The van der Waals surface area contributed by atoms with E-state index in [9.17, 15) is 14.4 Å². The molecule has 0 amide bonds. The zero-order valence-electron chi connectivity index (χ0n) is 40.8. The fraction of sp³-hybridized carbons (Fsp3) is 0.0588. The lowest BCUT2D eigenvalue weighted by Crippen LogP contribution is -2.06. The lowest BCUT2D eigenvalue weighted by atomic mass is 10.2. The summed E-state index contributed by atoms with van der Waals surface area (Å²) >= 11 is 0. The molecule has 0 saturated carbocycles. The number of hydrogen-bond donors (Lipinski definition) is 13. The molecule has 4 aromatic carbocycles. The highest BCUT2D eigenvalue weighted by molar-refractivity contribution is 5.84. The van der Waals surface area contributed by atoms with Crippen LogP contribution in [-0.2, 0) is 6.54 Å². The zero-order valence-corrected chi connectivity index (χ0v) is 40.8. The van der Waals surface area contributed by atoms with Crippen molar-refractivity contribution in [1.82, 2.24) is 74.4 Å². The topological polar surface area (TPSA) is 375 Å². The van der Waals surface area contributed by atoms with Crippen LogP contribution in [0.5, 0.6) is 0 Å². The number of aromatic amines is 6. The van der Waals surface area contributed by atoms with Crippen LogP contribution in [0.3, 0.4) is 0 Å². The summed E-state index contributed by atoms with van der Waals surface area (Å²) in [6, 6.07) is 31.6. The highest BCUT2D eigenvalue weighted by Crippen LogP contribution is 2.34. The second kappa shape index (κ2) is 21.7. The lowest BCUT2D eigenvalue weighted by Gasteiger charge is -2.13. The number of nitrogens with one attached hydrogen (secondary N) is 12. The fourth-order valence-corrected chi connectivity index (χ4v) is 7.79. The highest BCUT2D eigenvalue weighted by atomic mass is 16.1. The van der Waals surface area contributed by atoms with E-state index in [-0.39, 0.29) is 22.8 Å². The van der Waals surface area contributed by atoms with Crippen molar-refractivity contribution in [2.75, 3.05) is 31.9 Å². The molecule has 0 radical (unpaired) electrons. The lowest BCUT2D eigenvalue weighted by molar-refractivity contribution is 0.912. The minimum absolute atomic E-state index is 0.193. The van der Waals surface area contributed by atoms with E-state index in [0.717, 1.165) is 90.3 Å². The Balaban J connectivity index is 0.000000117. The molecule has 77 heavy (non-hydrogen) atoms. The molecular formula is C51H45N23O3.